The number of hydrogen-bond donors (Lipinski definition) is 1. The Morgan fingerprint density at radius 3 is 2.73 bits per heavy atom. The third-order valence-electron chi connectivity index (χ3n) is 3.41. The lowest BCUT2D eigenvalue weighted by atomic mass is 10.3. The molecule has 0 bridgehead atoms. The molecule has 1 aliphatic rings. The molecule has 2 heterocycles. The lowest BCUT2D eigenvalue weighted by molar-refractivity contribution is -0.157. The van der Waals surface area contributed by atoms with E-state index in [4.69, 9.17) is 4.74 Å². The Hall–Kier alpha value is -2.38. The van der Waals surface area contributed by atoms with E-state index >= 15 is 0 Å². The Kier molecular flexibility index (Phi) is 4.79. The SMILES string of the molecule is Cc1cc(C)n(CCC(=O)OC(C)C(=O)N2CCNC2=O)n1. The first-order valence-corrected chi connectivity index (χ1v) is 7.18. The predicted molar refractivity (Wildman–Crippen MR) is 77.0 cm³/mol. The van der Waals surface area contributed by atoms with Crippen molar-refractivity contribution in [3.8, 4) is 0 Å². The van der Waals surface area contributed by atoms with Gasteiger partial charge in [-0.15, -0.1) is 0 Å². The molecule has 1 fully saturated rings. The van der Waals surface area contributed by atoms with Crippen LogP contribution in [0.2, 0.25) is 0 Å². The van der Waals surface area contributed by atoms with Crippen molar-refractivity contribution in [2.45, 2.75) is 39.8 Å². The molecule has 1 N–H and O–H groups in total. The molecule has 0 radical (unpaired) electrons. The van der Waals surface area contributed by atoms with Crippen LogP contribution in [-0.4, -0.2) is 51.8 Å². The van der Waals surface area contributed by atoms with E-state index in [0.29, 0.717) is 19.6 Å². The van der Waals surface area contributed by atoms with Gasteiger partial charge in [-0.1, -0.05) is 0 Å². The van der Waals surface area contributed by atoms with Gasteiger partial charge in [-0.3, -0.25) is 19.2 Å². The number of nitrogens with one attached hydrogen (secondary N) is 1. The highest BCUT2D eigenvalue weighted by Crippen LogP contribution is 2.07. The van der Waals surface area contributed by atoms with Gasteiger partial charge in [0.25, 0.3) is 5.91 Å². The molecule has 22 heavy (non-hydrogen) atoms. The topological polar surface area (TPSA) is 93.5 Å². The van der Waals surface area contributed by atoms with Crippen LogP contribution < -0.4 is 5.32 Å². The number of aromatic nitrogens is 2. The van der Waals surface area contributed by atoms with Crippen LogP contribution in [0, 0.1) is 13.8 Å². The van der Waals surface area contributed by atoms with Crippen molar-refractivity contribution in [2.24, 2.45) is 0 Å². The van der Waals surface area contributed by atoms with Crippen LogP contribution in [0.1, 0.15) is 24.7 Å². The third kappa shape index (κ3) is 3.63. The van der Waals surface area contributed by atoms with Crippen molar-refractivity contribution >= 4 is 17.9 Å². The number of hydrogen-bond acceptors (Lipinski definition) is 5. The molecule has 3 amide bonds. The summed E-state index contributed by atoms with van der Waals surface area (Å²) in [6.07, 6.45) is -0.858. The normalized spacial score (nSPS) is 15.6. The van der Waals surface area contributed by atoms with E-state index in [1.165, 1.54) is 6.92 Å². The van der Waals surface area contributed by atoms with Crippen LogP contribution in [0.15, 0.2) is 6.07 Å². The molecule has 0 saturated carbocycles. The fraction of sp³-hybridized carbons (Fsp3) is 0.571. The van der Waals surface area contributed by atoms with Gasteiger partial charge in [0.2, 0.25) is 0 Å². The van der Waals surface area contributed by atoms with Gasteiger partial charge in [-0.05, 0) is 26.8 Å². The number of imide groups is 1. The summed E-state index contributed by atoms with van der Waals surface area (Å²) in [5.74, 6) is -0.998. The van der Waals surface area contributed by atoms with E-state index in [9.17, 15) is 14.4 Å². The van der Waals surface area contributed by atoms with Gasteiger partial charge in [0.05, 0.1) is 18.7 Å². The Bertz CT molecular complexity index is 596. The number of carbonyl (C=O) groups is 3. The number of ether oxygens (including phenoxy) is 1. The quantitative estimate of drug-likeness (QED) is 0.793. The summed E-state index contributed by atoms with van der Waals surface area (Å²) < 4.78 is 6.81. The van der Waals surface area contributed by atoms with Gasteiger partial charge in [0.15, 0.2) is 6.10 Å². The van der Waals surface area contributed by atoms with Crippen LogP contribution >= 0.6 is 0 Å². The second-order valence-electron chi connectivity index (χ2n) is 5.25. The smallest absolute Gasteiger partial charge is 0.324 e. The zero-order valence-corrected chi connectivity index (χ0v) is 13.0. The maximum Gasteiger partial charge on any atom is 0.324 e. The minimum absolute atomic E-state index is 0.117. The second kappa shape index (κ2) is 6.59. The molecule has 1 aromatic heterocycles. The van der Waals surface area contributed by atoms with Crippen LogP contribution in [0.4, 0.5) is 4.79 Å². The minimum Gasteiger partial charge on any atom is -0.452 e. The van der Waals surface area contributed by atoms with E-state index in [-0.39, 0.29) is 6.42 Å². The summed E-state index contributed by atoms with van der Waals surface area (Å²) in [4.78, 5) is 36.3. The first kappa shape index (κ1) is 16.0. The molecule has 1 aromatic rings. The summed E-state index contributed by atoms with van der Waals surface area (Å²) in [7, 11) is 0. The molecule has 120 valence electrons. The van der Waals surface area contributed by atoms with E-state index in [1.807, 2.05) is 19.9 Å². The molecular formula is C14H20N4O4. The molecule has 1 atom stereocenters. The Labute approximate surface area is 128 Å². The molecule has 1 saturated heterocycles. The van der Waals surface area contributed by atoms with E-state index in [2.05, 4.69) is 10.4 Å². The Morgan fingerprint density at radius 2 is 2.18 bits per heavy atom. The van der Waals surface area contributed by atoms with Crippen LogP contribution in [-0.2, 0) is 20.9 Å². The molecule has 0 spiro atoms. The van der Waals surface area contributed by atoms with Crippen molar-refractivity contribution in [1.82, 2.24) is 20.0 Å². The van der Waals surface area contributed by atoms with Gasteiger partial charge in [-0.2, -0.15) is 5.10 Å². The number of nitrogens with zero attached hydrogens (tertiary/aromatic N) is 3. The van der Waals surface area contributed by atoms with E-state index < -0.39 is 24.0 Å². The van der Waals surface area contributed by atoms with Gasteiger partial charge in [0.1, 0.15) is 0 Å². The monoisotopic (exact) mass is 308 g/mol. The van der Waals surface area contributed by atoms with Gasteiger partial charge >= 0.3 is 12.0 Å². The molecule has 1 unspecified atom stereocenters. The maximum atomic E-state index is 12.0. The summed E-state index contributed by atoms with van der Waals surface area (Å²) in [6.45, 7) is 6.36. The number of esters is 1. The second-order valence-corrected chi connectivity index (χ2v) is 5.25. The van der Waals surface area contributed by atoms with Crippen molar-refractivity contribution in [3.05, 3.63) is 17.5 Å². The highest BCUT2D eigenvalue weighted by molar-refractivity contribution is 5.98. The summed E-state index contributed by atoms with van der Waals surface area (Å²) in [6, 6.07) is 1.47. The molecule has 8 nitrogen and oxygen atoms in total. The number of amides is 3. The fourth-order valence-electron chi connectivity index (χ4n) is 2.31. The minimum atomic E-state index is -0.975. The first-order chi connectivity index (χ1) is 10.4. The van der Waals surface area contributed by atoms with Crippen molar-refractivity contribution in [2.75, 3.05) is 13.1 Å². The number of urea groups is 1. The first-order valence-electron chi connectivity index (χ1n) is 7.18. The average molecular weight is 308 g/mol. The summed E-state index contributed by atoms with van der Waals surface area (Å²) in [5, 5.41) is 6.78. The van der Waals surface area contributed by atoms with Crippen molar-refractivity contribution < 1.29 is 19.1 Å². The van der Waals surface area contributed by atoms with E-state index in [1.54, 1.807) is 4.68 Å². The molecular weight excluding hydrogens is 288 g/mol. The summed E-state index contributed by atoms with van der Waals surface area (Å²) in [5.41, 5.74) is 1.85. The van der Waals surface area contributed by atoms with Crippen molar-refractivity contribution in [3.63, 3.8) is 0 Å². The van der Waals surface area contributed by atoms with Crippen LogP contribution in [0.5, 0.6) is 0 Å². The number of rotatable bonds is 5. The Balaban J connectivity index is 1.82. The van der Waals surface area contributed by atoms with Gasteiger partial charge < -0.3 is 10.1 Å². The van der Waals surface area contributed by atoms with Gasteiger partial charge in [0, 0.05) is 18.8 Å². The van der Waals surface area contributed by atoms with Crippen LogP contribution in [0.25, 0.3) is 0 Å². The molecule has 2 rings (SSSR count). The molecule has 0 aliphatic carbocycles. The van der Waals surface area contributed by atoms with Crippen molar-refractivity contribution in [1.29, 1.82) is 0 Å². The highest BCUT2D eigenvalue weighted by Gasteiger charge is 2.31. The largest absolute Gasteiger partial charge is 0.452 e. The molecule has 8 heteroatoms. The standard InChI is InChI=1S/C14H20N4O4/c1-9-8-10(2)18(16-9)6-4-12(19)22-11(3)13(20)17-7-5-15-14(17)21/h8,11H,4-7H2,1-3H3,(H,15,21). The number of aryl methyl sites for hydroxylation is 3. The lowest BCUT2D eigenvalue weighted by Crippen LogP contribution is -2.41. The number of carbonyl (C=O) groups excluding carboxylic acids is 3. The third-order valence-corrected chi connectivity index (χ3v) is 3.41. The predicted octanol–water partition coefficient (Wildman–Crippen LogP) is 0.374. The zero-order chi connectivity index (χ0) is 16.3. The van der Waals surface area contributed by atoms with Gasteiger partial charge in [-0.25, -0.2) is 4.79 Å². The average Bonchev–Trinajstić information content (AvgIpc) is 3.01. The molecule has 1 aliphatic heterocycles. The molecule has 0 aromatic carbocycles. The Morgan fingerprint density at radius 1 is 1.45 bits per heavy atom. The van der Waals surface area contributed by atoms with Crippen LogP contribution in [0.3, 0.4) is 0 Å². The zero-order valence-electron chi connectivity index (χ0n) is 13.0. The fourth-order valence-corrected chi connectivity index (χ4v) is 2.31. The summed E-state index contributed by atoms with van der Waals surface area (Å²) >= 11 is 0. The lowest BCUT2D eigenvalue weighted by Gasteiger charge is -2.18. The maximum absolute atomic E-state index is 12.0. The highest BCUT2D eigenvalue weighted by atomic mass is 16.5. The van der Waals surface area contributed by atoms with E-state index in [0.717, 1.165) is 16.3 Å².